The van der Waals surface area contributed by atoms with Gasteiger partial charge in [0.1, 0.15) is 17.6 Å². The van der Waals surface area contributed by atoms with Crippen molar-refractivity contribution in [1.29, 1.82) is 0 Å². The molecule has 0 radical (unpaired) electrons. The molecule has 1 fully saturated rings. The molecule has 2 aromatic carbocycles. The van der Waals surface area contributed by atoms with Crippen LogP contribution in [-0.2, 0) is 26.2 Å². The molecule has 10 heteroatoms. The zero-order valence-corrected chi connectivity index (χ0v) is 23.2. The van der Waals surface area contributed by atoms with E-state index in [9.17, 15) is 22.4 Å². The molecule has 2 aromatic rings. The van der Waals surface area contributed by atoms with Gasteiger partial charge in [0.15, 0.2) is 0 Å². The van der Waals surface area contributed by atoms with E-state index in [0.717, 1.165) is 38.4 Å². The van der Waals surface area contributed by atoms with E-state index in [2.05, 4.69) is 5.32 Å². The van der Waals surface area contributed by atoms with Crippen molar-refractivity contribution in [1.82, 2.24) is 10.2 Å². The number of amides is 2. The summed E-state index contributed by atoms with van der Waals surface area (Å²) in [5.41, 5.74) is 0.776. The summed E-state index contributed by atoms with van der Waals surface area (Å²) in [7, 11) is -2.08. The zero-order valence-electron chi connectivity index (χ0n) is 22.4. The Morgan fingerprint density at radius 1 is 1.08 bits per heavy atom. The molecule has 0 aliphatic heterocycles. The first-order chi connectivity index (χ1) is 18.1. The first-order valence-corrected chi connectivity index (χ1v) is 14.9. The number of carbonyl (C=O) groups is 2. The van der Waals surface area contributed by atoms with E-state index in [4.69, 9.17) is 4.74 Å². The van der Waals surface area contributed by atoms with Crippen molar-refractivity contribution in [2.24, 2.45) is 0 Å². The Hall–Kier alpha value is -3.14. The molecule has 0 aromatic heterocycles. The third-order valence-corrected chi connectivity index (χ3v) is 8.12. The van der Waals surface area contributed by atoms with Crippen LogP contribution >= 0.6 is 0 Å². The van der Waals surface area contributed by atoms with Crippen molar-refractivity contribution in [3.8, 4) is 5.75 Å². The van der Waals surface area contributed by atoms with Gasteiger partial charge >= 0.3 is 0 Å². The predicted octanol–water partition coefficient (Wildman–Crippen LogP) is 4.25. The Morgan fingerprint density at radius 3 is 2.34 bits per heavy atom. The molecule has 0 bridgehead atoms. The van der Waals surface area contributed by atoms with Gasteiger partial charge in [-0.25, -0.2) is 12.8 Å². The quantitative estimate of drug-likeness (QED) is 0.429. The van der Waals surface area contributed by atoms with Crippen LogP contribution in [0.4, 0.5) is 10.1 Å². The van der Waals surface area contributed by atoms with Crippen LogP contribution in [0.3, 0.4) is 0 Å². The average molecular weight is 548 g/mol. The van der Waals surface area contributed by atoms with E-state index < -0.39 is 21.9 Å². The lowest BCUT2D eigenvalue weighted by Gasteiger charge is -2.31. The standard InChI is InChI=1S/C28H38FN3O5S/c1-21(28(34)30-23-11-5-4-6-12-23)31(20-22-10-7-8-13-26(22)29)27(33)14-9-19-32(38(3,35)36)24-15-17-25(37-2)18-16-24/h7-8,10,13,15-18,21,23H,4-6,9,11-12,14,19-20H2,1-3H3,(H,30,34). The molecule has 0 saturated heterocycles. The number of methoxy groups -OCH3 is 1. The number of sulfonamides is 1. The van der Waals surface area contributed by atoms with Gasteiger partial charge in [-0.15, -0.1) is 0 Å². The lowest BCUT2D eigenvalue weighted by Crippen LogP contribution is -2.50. The van der Waals surface area contributed by atoms with E-state index in [0.29, 0.717) is 17.0 Å². The van der Waals surface area contributed by atoms with Crippen molar-refractivity contribution >= 4 is 27.5 Å². The second kappa shape index (κ2) is 13.6. The van der Waals surface area contributed by atoms with E-state index in [1.165, 1.54) is 22.4 Å². The van der Waals surface area contributed by atoms with E-state index in [-0.39, 0.29) is 43.8 Å². The summed E-state index contributed by atoms with van der Waals surface area (Å²) in [5, 5.41) is 3.06. The summed E-state index contributed by atoms with van der Waals surface area (Å²) in [6, 6.07) is 12.1. The van der Waals surface area contributed by atoms with Gasteiger partial charge in [0.2, 0.25) is 21.8 Å². The molecule has 0 heterocycles. The molecule has 38 heavy (non-hydrogen) atoms. The molecule has 1 unspecified atom stereocenters. The van der Waals surface area contributed by atoms with Crippen LogP contribution in [0, 0.1) is 5.82 Å². The van der Waals surface area contributed by atoms with E-state index in [1.807, 2.05) is 0 Å². The van der Waals surface area contributed by atoms with Crippen LogP contribution < -0.4 is 14.4 Å². The summed E-state index contributed by atoms with van der Waals surface area (Å²) in [5.74, 6) is -0.463. The van der Waals surface area contributed by atoms with Crippen molar-refractivity contribution < 1.29 is 27.1 Å². The van der Waals surface area contributed by atoms with Gasteiger partial charge in [-0.05, 0) is 56.5 Å². The highest BCUT2D eigenvalue weighted by molar-refractivity contribution is 7.92. The third kappa shape index (κ3) is 8.18. The Bertz CT molecular complexity index is 1180. The number of anilines is 1. The maximum Gasteiger partial charge on any atom is 0.242 e. The Morgan fingerprint density at radius 2 is 1.74 bits per heavy atom. The van der Waals surface area contributed by atoms with Gasteiger partial charge in [-0.3, -0.25) is 13.9 Å². The highest BCUT2D eigenvalue weighted by Crippen LogP contribution is 2.23. The molecule has 0 spiro atoms. The smallest absolute Gasteiger partial charge is 0.242 e. The van der Waals surface area contributed by atoms with E-state index in [1.54, 1.807) is 49.4 Å². The summed E-state index contributed by atoms with van der Waals surface area (Å²) in [6.07, 6.45) is 6.42. The first kappa shape index (κ1) is 29.4. The number of hydrogen-bond acceptors (Lipinski definition) is 5. The fourth-order valence-corrected chi connectivity index (χ4v) is 5.68. The SMILES string of the molecule is COc1ccc(N(CCCC(=O)N(Cc2ccccc2F)C(C)C(=O)NC2CCCCC2)S(C)(=O)=O)cc1. The molecule has 1 N–H and O–H groups in total. The van der Waals surface area contributed by atoms with Crippen LogP contribution in [-0.4, -0.2) is 57.1 Å². The number of nitrogens with one attached hydrogen (secondary N) is 1. The maximum absolute atomic E-state index is 14.5. The number of carbonyl (C=O) groups excluding carboxylic acids is 2. The number of ether oxygens (including phenoxy) is 1. The topological polar surface area (TPSA) is 96.0 Å². The number of hydrogen-bond donors (Lipinski definition) is 1. The number of benzene rings is 2. The normalized spacial score (nSPS) is 14.9. The second-order valence-electron chi connectivity index (χ2n) is 9.77. The minimum Gasteiger partial charge on any atom is -0.497 e. The highest BCUT2D eigenvalue weighted by Gasteiger charge is 2.29. The molecular weight excluding hydrogens is 509 g/mol. The highest BCUT2D eigenvalue weighted by atomic mass is 32.2. The fraction of sp³-hybridized carbons (Fsp3) is 0.500. The molecular formula is C28H38FN3O5S. The van der Waals surface area contributed by atoms with Crippen molar-refractivity contribution in [2.75, 3.05) is 24.2 Å². The number of halogens is 1. The molecule has 8 nitrogen and oxygen atoms in total. The summed E-state index contributed by atoms with van der Waals surface area (Å²) in [6.45, 7) is 1.67. The molecule has 2 amide bonds. The zero-order chi connectivity index (χ0) is 27.7. The Balaban J connectivity index is 1.71. The Labute approximate surface area is 225 Å². The van der Waals surface area contributed by atoms with Crippen molar-refractivity contribution in [3.05, 3.63) is 59.9 Å². The molecule has 1 aliphatic carbocycles. The summed E-state index contributed by atoms with van der Waals surface area (Å²) in [4.78, 5) is 27.9. The van der Waals surface area contributed by atoms with Crippen LogP contribution in [0.25, 0.3) is 0 Å². The van der Waals surface area contributed by atoms with Crippen LogP contribution in [0.5, 0.6) is 5.75 Å². The summed E-state index contributed by atoms with van der Waals surface area (Å²) < 4.78 is 45.8. The molecule has 1 saturated carbocycles. The number of nitrogens with zero attached hydrogens (tertiary/aromatic N) is 2. The van der Waals surface area contributed by atoms with E-state index >= 15 is 0 Å². The fourth-order valence-electron chi connectivity index (χ4n) is 4.71. The molecule has 3 rings (SSSR count). The second-order valence-corrected chi connectivity index (χ2v) is 11.7. The van der Waals surface area contributed by atoms with Crippen LogP contribution in [0.2, 0.25) is 0 Å². The van der Waals surface area contributed by atoms with Gasteiger partial charge in [-0.1, -0.05) is 37.5 Å². The first-order valence-electron chi connectivity index (χ1n) is 13.0. The van der Waals surface area contributed by atoms with Gasteiger partial charge in [0.25, 0.3) is 0 Å². The summed E-state index contributed by atoms with van der Waals surface area (Å²) >= 11 is 0. The largest absolute Gasteiger partial charge is 0.497 e. The average Bonchev–Trinajstić information content (AvgIpc) is 2.90. The molecule has 1 aliphatic rings. The monoisotopic (exact) mass is 547 g/mol. The molecule has 1 atom stereocenters. The van der Waals surface area contributed by atoms with Gasteiger partial charge in [0.05, 0.1) is 19.1 Å². The van der Waals surface area contributed by atoms with Gasteiger partial charge in [0, 0.05) is 31.1 Å². The van der Waals surface area contributed by atoms with Gasteiger partial charge < -0.3 is 15.0 Å². The predicted molar refractivity (Wildman–Crippen MR) is 146 cm³/mol. The van der Waals surface area contributed by atoms with Crippen molar-refractivity contribution in [3.63, 3.8) is 0 Å². The van der Waals surface area contributed by atoms with Crippen LogP contribution in [0.1, 0.15) is 57.4 Å². The lowest BCUT2D eigenvalue weighted by atomic mass is 9.95. The minimum atomic E-state index is -3.60. The number of rotatable bonds is 12. The van der Waals surface area contributed by atoms with Crippen molar-refractivity contribution in [2.45, 2.75) is 70.5 Å². The molecule has 208 valence electrons. The lowest BCUT2D eigenvalue weighted by molar-refractivity contribution is -0.141. The van der Waals surface area contributed by atoms with Crippen LogP contribution in [0.15, 0.2) is 48.5 Å². The van der Waals surface area contributed by atoms with Gasteiger partial charge in [-0.2, -0.15) is 0 Å². The third-order valence-electron chi connectivity index (χ3n) is 6.93. The Kier molecular flexibility index (Phi) is 10.5. The maximum atomic E-state index is 14.5. The minimum absolute atomic E-state index is 0.00231.